The van der Waals surface area contributed by atoms with Crippen LogP contribution in [0.15, 0.2) is 0 Å². The van der Waals surface area contributed by atoms with Crippen molar-refractivity contribution in [3.8, 4) is 0 Å². The van der Waals surface area contributed by atoms with Crippen molar-refractivity contribution in [2.24, 2.45) is 0 Å². The normalized spacial score (nSPS) is 19.3. The van der Waals surface area contributed by atoms with E-state index < -0.39 is 8.32 Å². The minimum Gasteiger partial charge on any atom is -0.413 e. The van der Waals surface area contributed by atoms with Crippen LogP contribution in [0.3, 0.4) is 0 Å². The van der Waals surface area contributed by atoms with Crippen molar-refractivity contribution in [1.82, 2.24) is 0 Å². The van der Waals surface area contributed by atoms with Crippen LogP contribution in [0.25, 0.3) is 0 Å². The molecule has 1 fully saturated rings. The number of Topliss-reactive ketones (excluding diaryl/α,β-unsaturated/α-hetero) is 1. The van der Waals surface area contributed by atoms with Crippen molar-refractivity contribution in [2.45, 2.75) is 90.0 Å². The number of hydrogen-bond donors (Lipinski definition) is 0. The molecule has 1 aliphatic rings. The molecule has 0 bridgehead atoms. The van der Waals surface area contributed by atoms with Crippen molar-refractivity contribution in [3.05, 3.63) is 0 Å². The van der Waals surface area contributed by atoms with Crippen LogP contribution in [-0.2, 0) is 9.22 Å². The largest absolute Gasteiger partial charge is 0.413 e. The zero-order chi connectivity index (χ0) is 13.9. The van der Waals surface area contributed by atoms with E-state index in [0.717, 1.165) is 25.7 Å². The third-order valence-electron chi connectivity index (χ3n) is 4.57. The fourth-order valence-electron chi connectivity index (χ4n) is 3.73. The SMILES string of the molecule is CC(C)[Si](OC1CCC(=O)CC1)(C(C)C)C(C)C. The van der Waals surface area contributed by atoms with E-state index in [9.17, 15) is 4.79 Å². The molecule has 0 aromatic rings. The second-order valence-electron chi connectivity index (χ2n) is 6.67. The highest BCUT2D eigenvalue weighted by molar-refractivity contribution is 6.77. The minimum atomic E-state index is -1.75. The first-order valence-corrected chi connectivity index (χ1v) is 9.64. The Morgan fingerprint density at radius 3 is 1.67 bits per heavy atom. The van der Waals surface area contributed by atoms with Gasteiger partial charge in [-0.3, -0.25) is 4.79 Å². The number of carbonyl (C=O) groups is 1. The first kappa shape index (κ1) is 15.9. The van der Waals surface area contributed by atoms with Gasteiger partial charge in [0.15, 0.2) is 0 Å². The Bertz CT molecular complexity index is 252. The first-order chi connectivity index (χ1) is 8.30. The van der Waals surface area contributed by atoms with E-state index in [2.05, 4.69) is 41.5 Å². The second kappa shape index (κ2) is 6.33. The van der Waals surface area contributed by atoms with Crippen LogP contribution < -0.4 is 0 Å². The van der Waals surface area contributed by atoms with Gasteiger partial charge in [0, 0.05) is 18.9 Å². The summed E-state index contributed by atoms with van der Waals surface area (Å²) in [5.74, 6) is 0.417. The van der Waals surface area contributed by atoms with Gasteiger partial charge in [-0.2, -0.15) is 0 Å². The maximum atomic E-state index is 11.3. The molecule has 0 amide bonds. The zero-order valence-corrected chi connectivity index (χ0v) is 14.0. The van der Waals surface area contributed by atoms with Crippen molar-refractivity contribution < 1.29 is 9.22 Å². The predicted octanol–water partition coefficient (Wildman–Crippen LogP) is 4.69. The summed E-state index contributed by atoms with van der Waals surface area (Å²) in [6.07, 6.45) is 3.67. The third-order valence-corrected chi connectivity index (χ3v) is 10.7. The second-order valence-corrected chi connectivity index (χ2v) is 12.1. The molecule has 0 heterocycles. The highest BCUT2D eigenvalue weighted by Gasteiger charge is 2.46. The van der Waals surface area contributed by atoms with Crippen LogP contribution in [0.1, 0.15) is 67.2 Å². The molecule has 1 saturated carbocycles. The molecule has 1 aliphatic carbocycles. The molecular weight excluding hydrogens is 240 g/mol. The molecule has 1 rings (SSSR count). The average Bonchev–Trinajstić information content (AvgIpc) is 2.26. The number of hydrogen-bond acceptors (Lipinski definition) is 2. The van der Waals surface area contributed by atoms with Gasteiger partial charge < -0.3 is 4.43 Å². The number of carbonyl (C=O) groups excluding carboxylic acids is 1. The molecule has 0 spiro atoms. The molecule has 0 aromatic heterocycles. The fourth-order valence-corrected chi connectivity index (χ4v) is 9.36. The highest BCUT2D eigenvalue weighted by atomic mass is 28.4. The molecule has 3 heteroatoms. The van der Waals surface area contributed by atoms with Gasteiger partial charge in [0.2, 0.25) is 8.32 Å². The quantitative estimate of drug-likeness (QED) is 0.677. The molecule has 0 N–H and O–H groups in total. The van der Waals surface area contributed by atoms with Crippen LogP contribution in [-0.4, -0.2) is 20.2 Å². The van der Waals surface area contributed by atoms with Gasteiger partial charge in [-0.05, 0) is 29.5 Å². The number of ketones is 1. The fraction of sp³-hybridized carbons (Fsp3) is 0.933. The summed E-state index contributed by atoms with van der Waals surface area (Å²) >= 11 is 0. The Hall–Kier alpha value is -0.153. The van der Waals surface area contributed by atoms with Crippen molar-refractivity contribution in [3.63, 3.8) is 0 Å². The maximum absolute atomic E-state index is 11.3. The topological polar surface area (TPSA) is 26.3 Å². The number of rotatable bonds is 5. The summed E-state index contributed by atoms with van der Waals surface area (Å²) in [5.41, 5.74) is 1.90. The standard InChI is InChI=1S/C15H30O2Si/c1-11(2)18(12(3)4,13(5)6)17-15-9-7-14(16)8-10-15/h11-13,15H,7-10H2,1-6H3. The third kappa shape index (κ3) is 3.24. The lowest BCUT2D eigenvalue weighted by Gasteiger charge is -2.45. The van der Waals surface area contributed by atoms with Crippen LogP contribution in [0.2, 0.25) is 16.6 Å². The van der Waals surface area contributed by atoms with Crippen molar-refractivity contribution >= 4 is 14.1 Å². The van der Waals surface area contributed by atoms with E-state index >= 15 is 0 Å². The first-order valence-electron chi connectivity index (χ1n) is 7.50. The Morgan fingerprint density at radius 2 is 1.33 bits per heavy atom. The van der Waals surface area contributed by atoms with Crippen LogP contribution >= 0.6 is 0 Å². The van der Waals surface area contributed by atoms with E-state index in [1.165, 1.54) is 0 Å². The Kier molecular flexibility index (Phi) is 5.59. The highest BCUT2D eigenvalue weighted by Crippen LogP contribution is 2.44. The molecule has 0 atom stereocenters. The average molecular weight is 270 g/mol. The summed E-state index contributed by atoms with van der Waals surface area (Å²) in [7, 11) is -1.75. The summed E-state index contributed by atoms with van der Waals surface area (Å²) in [5, 5.41) is 0. The molecule has 0 radical (unpaired) electrons. The van der Waals surface area contributed by atoms with Gasteiger partial charge in [0.25, 0.3) is 0 Å². The van der Waals surface area contributed by atoms with Crippen molar-refractivity contribution in [1.29, 1.82) is 0 Å². The maximum Gasteiger partial charge on any atom is 0.200 e. The molecule has 0 aromatic carbocycles. The molecule has 0 saturated heterocycles. The molecule has 0 aliphatic heterocycles. The predicted molar refractivity (Wildman–Crippen MR) is 79.4 cm³/mol. The van der Waals surface area contributed by atoms with E-state index in [-0.39, 0.29) is 0 Å². The van der Waals surface area contributed by atoms with Gasteiger partial charge in [-0.25, -0.2) is 0 Å². The van der Waals surface area contributed by atoms with Gasteiger partial charge in [0.1, 0.15) is 5.78 Å². The lowest BCUT2D eigenvalue weighted by Crippen LogP contribution is -2.50. The molecule has 2 nitrogen and oxygen atoms in total. The summed E-state index contributed by atoms with van der Waals surface area (Å²) in [6, 6.07) is 0. The molecule has 106 valence electrons. The van der Waals surface area contributed by atoms with E-state index in [4.69, 9.17) is 4.43 Å². The molecule has 18 heavy (non-hydrogen) atoms. The lowest BCUT2D eigenvalue weighted by atomic mass is 9.97. The smallest absolute Gasteiger partial charge is 0.200 e. The minimum absolute atomic E-state index is 0.335. The van der Waals surface area contributed by atoms with E-state index in [0.29, 0.717) is 28.5 Å². The van der Waals surface area contributed by atoms with Crippen LogP contribution in [0.4, 0.5) is 0 Å². The zero-order valence-electron chi connectivity index (χ0n) is 13.0. The van der Waals surface area contributed by atoms with E-state index in [1.807, 2.05) is 0 Å². The Labute approximate surface area is 114 Å². The molecule has 0 unspecified atom stereocenters. The summed E-state index contributed by atoms with van der Waals surface area (Å²) in [4.78, 5) is 11.3. The van der Waals surface area contributed by atoms with Crippen LogP contribution in [0.5, 0.6) is 0 Å². The lowest BCUT2D eigenvalue weighted by molar-refractivity contribution is -0.121. The van der Waals surface area contributed by atoms with Gasteiger partial charge in [-0.1, -0.05) is 41.5 Å². The Morgan fingerprint density at radius 1 is 0.944 bits per heavy atom. The summed E-state index contributed by atoms with van der Waals surface area (Å²) < 4.78 is 6.70. The van der Waals surface area contributed by atoms with Crippen LogP contribution in [0, 0.1) is 0 Å². The van der Waals surface area contributed by atoms with Gasteiger partial charge in [0.05, 0.1) is 0 Å². The van der Waals surface area contributed by atoms with Gasteiger partial charge >= 0.3 is 0 Å². The van der Waals surface area contributed by atoms with Gasteiger partial charge in [-0.15, -0.1) is 0 Å². The monoisotopic (exact) mass is 270 g/mol. The van der Waals surface area contributed by atoms with E-state index in [1.54, 1.807) is 0 Å². The Balaban J connectivity index is 2.81. The molecular formula is C15H30O2Si. The van der Waals surface area contributed by atoms with Crippen molar-refractivity contribution in [2.75, 3.05) is 0 Å². The summed E-state index contributed by atoms with van der Waals surface area (Å²) in [6.45, 7) is 13.9.